The molecule has 0 radical (unpaired) electrons. The fourth-order valence-electron chi connectivity index (χ4n) is 3.04. The van der Waals surface area contributed by atoms with Crippen LogP contribution in [0, 0.1) is 12.7 Å². The molecule has 1 aliphatic rings. The van der Waals surface area contributed by atoms with Gasteiger partial charge < -0.3 is 5.32 Å². The maximum Gasteiger partial charge on any atom is 0.270 e. The summed E-state index contributed by atoms with van der Waals surface area (Å²) >= 11 is 1.18. The topological polar surface area (TPSA) is 66.5 Å². The highest BCUT2D eigenvalue weighted by molar-refractivity contribution is 7.97. The third-order valence-corrected chi connectivity index (χ3v) is 7.26. The molecule has 1 N–H and O–H groups in total. The van der Waals surface area contributed by atoms with Crippen LogP contribution >= 0.6 is 11.3 Å². The van der Waals surface area contributed by atoms with Gasteiger partial charge in [-0.1, -0.05) is 42.0 Å². The van der Waals surface area contributed by atoms with E-state index in [9.17, 15) is 17.6 Å². The summed E-state index contributed by atoms with van der Waals surface area (Å²) in [4.78, 5) is 12.8. The molecule has 0 aliphatic carbocycles. The van der Waals surface area contributed by atoms with Crippen molar-refractivity contribution in [1.29, 1.82) is 0 Å². The molecule has 8 heteroatoms. The Labute approximate surface area is 172 Å². The smallest absolute Gasteiger partial charge is 0.270 e. The Morgan fingerprint density at radius 3 is 2.55 bits per heavy atom. The number of allylic oxidation sites excluding steroid dienone is 1. The highest BCUT2D eigenvalue weighted by Gasteiger charge is 2.41. The number of para-hydroxylation sites is 1. The van der Waals surface area contributed by atoms with Crippen LogP contribution in [0.1, 0.15) is 20.8 Å². The molecule has 2 aromatic carbocycles. The van der Waals surface area contributed by atoms with Gasteiger partial charge >= 0.3 is 0 Å². The number of benzene rings is 2. The van der Waals surface area contributed by atoms with Crippen molar-refractivity contribution in [3.05, 3.63) is 92.9 Å². The molecule has 0 amide bonds. The van der Waals surface area contributed by atoms with Crippen LogP contribution < -0.4 is 9.62 Å². The van der Waals surface area contributed by atoms with Crippen molar-refractivity contribution >= 4 is 38.5 Å². The van der Waals surface area contributed by atoms with E-state index in [4.69, 9.17) is 0 Å². The van der Waals surface area contributed by atoms with Gasteiger partial charge in [0.15, 0.2) is 4.91 Å². The Morgan fingerprint density at radius 2 is 1.83 bits per heavy atom. The van der Waals surface area contributed by atoms with Gasteiger partial charge in [0.05, 0.1) is 17.9 Å². The molecule has 0 spiro atoms. The van der Waals surface area contributed by atoms with E-state index in [2.05, 4.69) is 5.32 Å². The molecular formula is C21H17FN2O3S2. The van der Waals surface area contributed by atoms with Gasteiger partial charge in [0.25, 0.3) is 10.0 Å². The molecule has 3 aromatic rings. The van der Waals surface area contributed by atoms with Crippen molar-refractivity contribution in [2.24, 2.45) is 0 Å². The van der Waals surface area contributed by atoms with Gasteiger partial charge in [0.1, 0.15) is 10.7 Å². The first-order chi connectivity index (χ1) is 13.9. The predicted octanol–water partition coefficient (Wildman–Crippen LogP) is 4.68. The highest BCUT2D eigenvalue weighted by Crippen LogP contribution is 2.39. The summed E-state index contributed by atoms with van der Waals surface area (Å²) in [6.45, 7) is 2.04. The summed E-state index contributed by atoms with van der Waals surface area (Å²) in [5.74, 6) is -1.14. The molecule has 0 unspecified atom stereocenters. The number of nitrogens with zero attached hydrogens (tertiary/aromatic N) is 1. The number of carbonyl (C=O) groups excluding carboxylic acids is 1. The summed E-state index contributed by atoms with van der Waals surface area (Å²) < 4.78 is 41.6. The highest BCUT2D eigenvalue weighted by atomic mass is 32.2. The van der Waals surface area contributed by atoms with Gasteiger partial charge in [0.2, 0.25) is 5.78 Å². The number of thiophene rings is 1. The first-order valence-electron chi connectivity index (χ1n) is 8.79. The Bertz CT molecular complexity index is 1210. The Balaban J connectivity index is 1.75. The van der Waals surface area contributed by atoms with Gasteiger partial charge in [-0.2, -0.15) is 0 Å². The van der Waals surface area contributed by atoms with E-state index in [-0.39, 0.29) is 12.2 Å². The van der Waals surface area contributed by atoms with Gasteiger partial charge in [-0.3, -0.25) is 9.10 Å². The van der Waals surface area contributed by atoms with Gasteiger partial charge in [-0.05, 0) is 36.1 Å². The summed E-state index contributed by atoms with van der Waals surface area (Å²) in [5.41, 5.74) is 2.32. The zero-order valence-corrected chi connectivity index (χ0v) is 17.1. The van der Waals surface area contributed by atoms with Crippen molar-refractivity contribution < 1.29 is 17.6 Å². The lowest BCUT2D eigenvalue weighted by Gasteiger charge is -2.29. The summed E-state index contributed by atoms with van der Waals surface area (Å²) in [7, 11) is -4.12. The minimum absolute atomic E-state index is 0.0880. The van der Waals surface area contributed by atoms with Crippen LogP contribution in [-0.4, -0.2) is 14.2 Å². The number of hydrogen-bond donors (Lipinski definition) is 1. The number of halogens is 1. The fourth-order valence-corrected chi connectivity index (χ4v) is 5.52. The SMILES string of the molecule is Cc1ccc(CN2c3ccsc3C(=O)C(=CNc3ccccc3F)S2(=O)=O)cc1. The summed E-state index contributed by atoms with van der Waals surface area (Å²) in [5, 5.41) is 4.31. The lowest BCUT2D eigenvalue weighted by Crippen LogP contribution is -2.38. The average Bonchev–Trinajstić information content (AvgIpc) is 3.17. The van der Waals surface area contributed by atoms with Crippen LogP contribution in [0.5, 0.6) is 0 Å². The van der Waals surface area contributed by atoms with Gasteiger partial charge in [-0.25, -0.2) is 12.8 Å². The minimum atomic E-state index is -4.12. The van der Waals surface area contributed by atoms with Crippen LogP contribution in [-0.2, 0) is 16.6 Å². The summed E-state index contributed by atoms with van der Waals surface area (Å²) in [6.07, 6.45) is 1.07. The number of aryl methyl sites for hydroxylation is 1. The number of anilines is 2. The minimum Gasteiger partial charge on any atom is -0.358 e. The number of sulfonamides is 1. The lowest BCUT2D eigenvalue weighted by atomic mass is 10.1. The second-order valence-corrected chi connectivity index (χ2v) is 9.34. The number of fused-ring (bicyclic) bond motifs is 1. The van der Waals surface area contributed by atoms with E-state index in [1.54, 1.807) is 17.5 Å². The Hall–Kier alpha value is -2.97. The van der Waals surface area contributed by atoms with Crippen molar-refractivity contribution in [1.82, 2.24) is 0 Å². The number of hydrogen-bond acceptors (Lipinski definition) is 5. The van der Waals surface area contributed by atoms with E-state index < -0.39 is 26.5 Å². The van der Waals surface area contributed by atoms with E-state index >= 15 is 0 Å². The lowest BCUT2D eigenvalue weighted by molar-refractivity contribution is 0.104. The predicted molar refractivity (Wildman–Crippen MR) is 113 cm³/mol. The monoisotopic (exact) mass is 428 g/mol. The van der Waals surface area contributed by atoms with E-state index in [0.29, 0.717) is 10.6 Å². The maximum absolute atomic E-state index is 13.9. The number of Topliss-reactive ketones (excluding diaryl/α,β-unsaturated/α-hetero) is 1. The van der Waals surface area contributed by atoms with Crippen LogP contribution in [0.3, 0.4) is 0 Å². The van der Waals surface area contributed by atoms with Gasteiger partial charge in [-0.15, -0.1) is 11.3 Å². The molecule has 4 rings (SSSR count). The molecule has 1 aliphatic heterocycles. The van der Waals surface area contributed by atoms with E-state index in [0.717, 1.165) is 17.3 Å². The number of carbonyl (C=O) groups is 1. The first-order valence-corrected chi connectivity index (χ1v) is 11.1. The number of nitrogens with one attached hydrogen (secondary N) is 1. The molecule has 0 saturated heterocycles. The zero-order chi connectivity index (χ0) is 20.6. The van der Waals surface area contributed by atoms with Crippen molar-refractivity contribution in [2.75, 3.05) is 9.62 Å². The Kier molecular flexibility index (Phi) is 4.97. The molecule has 0 saturated carbocycles. The number of rotatable bonds is 4. The second kappa shape index (κ2) is 7.46. The Morgan fingerprint density at radius 1 is 1.10 bits per heavy atom. The normalized spacial score (nSPS) is 16.7. The molecule has 0 fully saturated rings. The van der Waals surface area contributed by atoms with Crippen LogP contribution in [0.2, 0.25) is 0 Å². The second-order valence-electron chi connectivity index (χ2n) is 6.59. The zero-order valence-electron chi connectivity index (χ0n) is 15.4. The first kappa shape index (κ1) is 19.4. The summed E-state index contributed by atoms with van der Waals surface area (Å²) in [6, 6.07) is 15.0. The number of ketones is 1. The standard InChI is InChI=1S/C21H17FN2O3S2/c1-14-6-8-15(9-7-14)13-24-18-10-11-28-21(18)20(25)19(29(24,26)27)12-23-17-5-3-2-4-16(17)22/h2-12,23H,13H2,1H3. The van der Waals surface area contributed by atoms with Gasteiger partial charge in [0, 0.05) is 6.20 Å². The molecular weight excluding hydrogens is 411 g/mol. The van der Waals surface area contributed by atoms with E-state index in [1.165, 1.54) is 33.8 Å². The fraction of sp³-hybridized carbons (Fsp3) is 0.0952. The third-order valence-electron chi connectivity index (χ3n) is 4.59. The third kappa shape index (κ3) is 3.56. The molecule has 29 heavy (non-hydrogen) atoms. The molecule has 0 atom stereocenters. The largest absolute Gasteiger partial charge is 0.358 e. The van der Waals surface area contributed by atoms with E-state index in [1.807, 2.05) is 31.2 Å². The molecule has 1 aromatic heterocycles. The van der Waals surface area contributed by atoms with Crippen molar-refractivity contribution in [3.8, 4) is 0 Å². The average molecular weight is 429 g/mol. The van der Waals surface area contributed by atoms with Crippen LogP contribution in [0.25, 0.3) is 0 Å². The quantitative estimate of drug-likeness (QED) is 0.613. The molecule has 0 bridgehead atoms. The molecule has 148 valence electrons. The maximum atomic E-state index is 13.9. The molecule has 5 nitrogen and oxygen atoms in total. The van der Waals surface area contributed by atoms with Crippen molar-refractivity contribution in [2.45, 2.75) is 13.5 Å². The molecule has 2 heterocycles. The van der Waals surface area contributed by atoms with Crippen LogP contribution in [0.4, 0.5) is 15.8 Å². The van der Waals surface area contributed by atoms with Crippen LogP contribution in [0.15, 0.2) is 71.1 Å². The van der Waals surface area contributed by atoms with Crippen molar-refractivity contribution in [3.63, 3.8) is 0 Å².